The highest BCUT2D eigenvalue weighted by atomic mass is 35.5. The summed E-state index contributed by atoms with van der Waals surface area (Å²) in [4.78, 5) is 148. The lowest BCUT2D eigenvalue weighted by Crippen LogP contribution is -2.15. The van der Waals surface area contributed by atoms with Crippen LogP contribution >= 0.6 is 151 Å². The number of nitrogens with zero attached hydrogens (tertiary/aromatic N) is 15. The molecule has 6 amide bonds. The second-order valence-electron chi connectivity index (χ2n) is 32.0. The van der Waals surface area contributed by atoms with Gasteiger partial charge in [0.15, 0.2) is 30.9 Å². The van der Waals surface area contributed by atoms with Gasteiger partial charge in [0.1, 0.15) is 66.2 Å². The zero-order chi connectivity index (χ0) is 105. The summed E-state index contributed by atoms with van der Waals surface area (Å²) < 4.78 is 17.9. The molecule has 2 aliphatic rings. The number of thiazole rings is 2. The first-order valence-electron chi connectivity index (χ1n) is 44.2. The molecule has 49 heteroatoms. The maximum atomic E-state index is 12.3. The van der Waals surface area contributed by atoms with E-state index in [1.54, 1.807) is 127 Å². The van der Waals surface area contributed by atoms with Crippen LogP contribution in [0, 0.1) is 55.0 Å². The molecule has 18 aromatic rings. The van der Waals surface area contributed by atoms with Crippen LogP contribution in [0.3, 0.4) is 0 Å². The minimum absolute atomic E-state index is 0.0811. The van der Waals surface area contributed by atoms with Crippen LogP contribution in [0.4, 0.5) is 50.2 Å². The number of fused-ring (bicyclic) bond motifs is 8. The van der Waals surface area contributed by atoms with Gasteiger partial charge in [-0.15, -0.1) is 28.5 Å². The van der Waals surface area contributed by atoms with Crippen molar-refractivity contribution in [1.82, 2.24) is 79.7 Å². The number of ether oxygens (including phenoxy) is 3. The number of pyridine rings is 6. The van der Waals surface area contributed by atoms with E-state index in [9.17, 15) is 39.0 Å². The second-order valence-corrected chi connectivity index (χ2v) is 41.9. The summed E-state index contributed by atoms with van der Waals surface area (Å²) in [5.41, 5.74) is 20.4. The van der Waals surface area contributed by atoms with Crippen LogP contribution in [0.1, 0.15) is 50.1 Å². The van der Waals surface area contributed by atoms with Gasteiger partial charge in [-0.25, -0.2) is 64.8 Å². The molecule has 0 saturated heterocycles. The van der Waals surface area contributed by atoms with E-state index in [1.807, 2.05) is 101 Å². The molecule has 0 saturated carbocycles. The molecule has 6 aromatic carbocycles. The number of aromatic hydroxyl groups is 2. The first-order chi connectivity index (χ1) is 71.2. The fraction of sp³-hybridized carbons (Fsp3) is 0.182. The number of hydrogen-bond acceptors (Lipinski definition) is 33. The predicted molar refractivity (Wildman–Crippen MR) is 598 cm³/mol. The number of nitrogens with one attached hydrogen (secondary N) is 10. The Hall–Kier alpha value is -13.9. The van der Waals surface area contributed by atoms with Crippen LogP contribution in [-0.4, -0.2) is 191 Å². The molecular formula is C99H86Cl5N25O11S8. The monoisotopic (exact) mass is 2230 g/mol. The number of amides is 6. The summed E-state index contributed by atoms with van der Waals surface area (Å²) in [6.45, 7) is 20.3. The molecule has 20 rings (SSSR count). The van der Waals surface area contributed by atoms with Gasteiger partial charge in [0.05, 0.1) is 167 Å². The smallest absolute Gasteiger partial charge is 0.271 e. The van der Waals surface area contributed by atoms with E-state index in [4.69, 9.17) is 78.8 Å². The standard InChI is InChI=1S/C18H18ClN3O2S.C17H14ClN5O2S2.C17H16ClN3O2S.C17H15N5O2S.C15H10ClN5OS2.C15H13ClN4O2S/c1-10-4-5-12(6-15(10)24-3)21-16(23)9-25-17-7-13-11(2)18(19)20-8-14(13)22-17;1-8-3-10-13(5-12(8)25-2)27-17(21-10)23-15(24)7-26-16-20-9-4-14(18)19-6-11(9)22-16;1-9-3-4-11(5-14(9)22)20-15(23)8-24-16-6-12-10(2)17(18)19-7-13(12)21-16;1-10-4-5-11(6-14(10)24-3)20-16(23)9-25-17-21-12-7-15(18-2)19-8-13(12)22-17;16-12-5-9-10(6-17-12)20-14(19-9)23-7-13(22)21-15-18-8-3-1-2-4-11(8)24-15;1-8-2-3-9(4-12(8)21)18-14(22)7-23-15-19-10-5-13(16)17-6-11(10)20-15/h4-6,8H,7,9H2,1-3H3,(H,21,23);3-6H,7H2,1-2H3,(H,20,22)(H,21,23,24);3-5,7,22H,6,8H2,1-2H3,(H,20,23);4-8H,9H2,1,3H3,(H,20,23)(H,21,22);1-6H,7H2,(H,19,20)(H,18,21,22);2-6,21H,7H2,1H3,(H,18,22)(H,19,20). The van der Waals surface area contributed by atoms with Crippen molar-refractivity contribution in [1.29, 1.82) is 0 Å². The van der Waals surface area contributed by atoms with Crippen LogP contribution in [-0.2, 0) is 41.6 Å². The van der Waals surface area contributed by atoms with Crippen molar-refractivity contribution in [3.8, 4) is 28.7 Å². The topological polar surface area (TPSA) is 490 Å². The van der Waals surface area contributed by atoms with E-state index < -0.39 is 0 Å². The molecule has 12 aromatic heterocycles. The van der Waals surface area contributed by atoms with Crippen molar-refractivity contribution in [3.05, 3.63) is 258 Å². The number of aliphatic imine (C=N–C) groups is 2. The van der Waals surface area contributed by atoms with E-state index >= 15 is 0 Å². The summed E-state index contributed by atoms with van der Waals surface area (Å²) in [6, 6.07) is 39.4. The van der Waals surface area contributed by atoms with Gasteiger partial charge in [-0.1, -0.05) is 171 Å². The summed E-state index contributed by atoms with van der Waals surface area (Å²) in [5, 5.41) is 43.7. The second kappa shape index (κ2) is 50.7. The van der Waals surface area contributed by atoms with Crippen molar-refractivity contribution in [2.45, 2.75) is 81.9 Å². The minimum Gasteiger partial charge on any atom is -0.508 e. The van der Waals surface area contributed by atoms with Crippen molar-refractivity contribution < 1.29 is 53.2 Å². The molecule has 0 radical (unpaired) electrons. The molecule has 0 atom stereocenters. The Morgan fingerprint density at radius 1 is 0.372 bits per heavy atom. The van der Waals surface area contributed by atoms with Crippen LogP contribution in [0.15, 0.2) is 201 Å². The highest BCUT2D eigenvalue weighted by Gasteiger charge is 2.25. The molecule has 756 valence electrons. The number of anilines is 6. The van der Waals surface area contributed by atoms with Crippen LogP contribution < -0.4 is 46.1 Å². The summed E-state index contributed by atoms with van der Waals surface area (Å²) in [5.74, 6) is 3.44. The first-order valence-corrected chi connectivity index (χ1v) is 53.6. The average molecular weight is 2240 g/mol. The number of imidazole rings is 4. The Balaban J connectivity index is 0.000000133. The average Bonchev–Trinajstić information content (AvgIpc) is 1.66. The molecule has 0 fully saturated rings. The molecular weight excluding hydrogens is 2150 g/mol. The minimum atomic E-state index is -0.185. The number of aromatic nitrogens is 16. The molecule has 12 N–H and O–H groups in total. The van der Waals surface area contributed by atoms with Gasteiger partial charge in [-0.3, -0.25) is 28.8 Å². The van der Waals surface area contributed by atoms with Gasteiger partial charge < -0.3 is 81.1 Å². The van der Waals surface area contributed by atoms with E-state index in [0.717, 1.165) is 142 Å². The Kier molecular flexibility index (Phi) is 37.1. The Bertz CT molecular complexity index is 8170. The van der Waals surface area contributed by atoms with Gasteiger partial charge in [0.2, 0.25) is 35.4 Å². The lowest BCUT2D eigenvalue weighted by Gasteiger charge is -2.09. The molecule has 0 unspecified atom stereocenters. The van der Waals surface area contributed by atoms with Gasteiger partial charge in [0.25, 0.3) is 5.82 Å². The number of carbonyl (C=O) groups excluding carboxylic acids is 6. The van der Waals surface area contributed by atoms with Crippen molar-refractivity contribution in [2.24, 2.45) is 9.98 Å². The van der Waals surface area contributed by atoms with E-state index in [-0.39, 0.29) is 75.7 Å². The number of aryl methyl sites for hydroxylation is 5. The number of H-pyrrole nitrogens is 4. The Morgan fingerprint density at radius 3 is 1.10 bits per heavy atom. The molecule has 14 heterocycles. The zero-order valence-corrected chi connectivity index (χ0v) is 90.1. The molecule has 0 aliphatic carbocycles. The largest absolute Gasteiger partial charge is 0.508 e. The fourth-order valence-electron chi connectivity index (χ4n) is 13.8. The number of para-hydroxylation sites is 1. The zero-order valence-electron chi connectivity index (χ0n) is 79.8. The quantitative estimate of drug-likeness (QED) is 0.0144. The van der Waals surface area contributed by atoms with Crippen molar-refractivity contribution >= 4 is 312 Å². The SMILES string of the molecule is COc1cc(NC(=O)CSC2=Nc3cnc(Cl)c(C)c3C2)ccc1C.COc1cc2sc(NC(=O)CSc3nc4cc(Cl)ncc4[nH]3)nc2cc1C.Cc1ccc(NC(=O)CSC2=Nc3cnc(Cl)c(C)c3C2)cc1O.Cc1ccc(NC(=O)CSc2nc3cc(Cl)ncc3[nH]2)cc1O.O=C(CSc1nc2cc(Cl)ncc2[nH]1)Nc1nc2ccccc2s1.[C-]#[N+]c1cc2nc(SCC(=O)Nc3ccc(C)c(OC)c3)[nH]c2cn1. The highest BCUT2D eigenvalue weighted by molar-refractivity contribution is 8.14. The number of phenols is 2. The lowest BCUT2D eigenvalue weighted by molar-refractivity contribution is -0.114. The molecule has 0 bridgehead atoms. The summed E-state index contributed by atoms with van der Waals surface area (Å²) in [6.07, 6.45) is 11.1. The molecule has 148 heavy (non-hydrogen) atoms. The van der Waals surface area contributed by atoms with Crippen LogP contribution in [0.2, 0.25) is 25.8 Å². The number of rotatable bonds is 25. The van der Waals surface area contributed by atoms with E-state index in [0.29, 0.717) is 115 Å². The third kappa shape index (κ3) is 29.6. The third-order valence-corrected chi connectivity index (χ3v) is 30.1. The first kappa shape index (κ1) is 108. The number of hydrogen-bond donors (Lipinski definition) is 12. The van der Waals surface area contributed by atoms with Gasteiger partial charge in [-0.2, -0.15) is 0 Å². The van der Waals surface area contributed by atoms with Crippen LogP contribution in [0.25, 0.3) is 69.4 Å². The van der Waals surface area contributed by atoms with Gasteiger partial charge >= 0.3 is 0 Å². The summed E-state index contributed by atoms with van der Waals surface area (Å²) in [7, 11) is 4.85. The van der Waals surface area contributed by atoms with E-state index in [2.05, 4.69) is 126 Å². The number of carbonyl (C=O) groups is 6. The normalized spacial score (nSPS) is 11.5. The highest BCUT2D eigenvalue weighted by Crippen LogP contribution is 2.40. The van der Waals surface area contributed by atoms with Crippen molar-refractivity contribution in [3.63, 3.8) is 0 Å². The number of halogens is 5. The van der Waals surface area contributed by atoms with Gasteiger partial charge in [-0.05, 0) is 153 Å². The third-order valence-electron chi connectivity index (χ3n) is 21.4. The lowest BCUT2D eigenvalue weighted by atomic mass is 10.1. The predicted octanol–water partition coefficient (Wildman–Crippen LogP) is 23.5. The number of methoxy groups -OCH3 is 3. The Labute approximate surface area is 903 Å². The fourth-order valence-corrected chi connectivity index (χ4v) is 20.7. The molecule has 36 nitrogen and oxygen atoms in total. The number of thioether (sulfide) groups is 6. The molecule has 0 spiro atoms. The number of aromatic amines is 4. The van der Waals surface area contributed by atoms with E-state index in [1.165, 1.54) is 105 Å². The van der Waals surface area contributed by atoms with Crippen LogP contribution in [0.5, 0.6) is 28.7 Å². The number of phenolic OH excluding ortho intramolecular Hbond substituents is 2. The maximum absolute atomic E-state index is 12.3. The molecule has 2 aliphatic heterocycles. The number of benzene rings is 6. The Morgan fingerprint density at radius 2 is 0.716 bits per heavy atom. The maximum Gasteiger partial charge on any atom is 0.271 e. The van der Waals surface area contributed by atoms with Crippen molar-refractivity contribution in [2.75, 3.05) is 87.7 Å². The summed E-state index contributed by atoms with van der Waals surface area (Å²) >= 11 is 40.5. The van der Waals surface area contributed by atoms with Gasteiger partial charge in [0, 0.05) is 78.1 Å².